The van der Waals surface area contributed by atoms with Crippen LogP contribution in [0.15, 0.2) is 30.3 Å². The smallest absolute Gasteiger partial charge is 0.338 e. The molecule has 0 fully saturated rings. The maximum absolute atomic E-state index is 13.6. The zero-order valence-corrected chi connectivity index (χ0v) is 16.6. The van der Waals surface area contributed by atoms with E-state index >= 15 is 0 Å². The highest BCUT2D eigenvalue weighted by atomic mass is 35.5. The van der Waals surface area contributed by atoms with Crippen molar-refractivity contribution in [1.82, 2.24) is 0 Å². The van der Waals surface area contributed by atoms with Gasteiger partial charge < -0.3 is 19.5 Å². The van der Waals surface area contributed by atoms with Gasteiger partial charge in [0.25, 0.3) is 5.91 Å². The van der Waals surface area contributed by atoms with Crippen LogP contribution in [0.1, 0.15) is 30.6 Å². The average Bonchev–Trinajstić information content (AvgIpc) is 2.67. The number of amides is 1. The predicted molar refractivity (Wildman–Crippen MR) is 104 cm³/mol. The molecule has 2 aromatic rings. The molecule has 0 saturated heterocycles. The molecule has 2 rings (SSSR count). The molecule has 0 aliphatic heterocycles. The van der Waals surface area contributed by atoms with Gasteiger partial charge in [-0.05, 0) is 37.6 Å². The van der Waals surface area contributed by atoms with Crippen molar-refractivity contribution in [3.05, 3.63) is 52.6 Å². The average molecular weight is 428 g/mol. The minimum atomic E-state index is -0.944. The monoisotopic (exact) mass is 427 g/mol. The van der Waals surface area contributed by atoms with E-state index in [0.717, 1.165) is 18.6 Å². The summed E-state index contributed by atoms with van der Waals surface area (Å²) < 4.78 is 42.4. The van der Waals surface area contributed by atoms with Gasteiger partial charge in [-0.25, -0.2) is 13.6 Å². The van der Waals surface area contributed by atoms with Crippen molar-refractivity contribution in [2.45, 2.75) is 20.3 Å². The Bertz CT molecular complexity index is 891. The molecule has 0 unspecified atom stereocenters. The van der Waals surface area contributed by atoms with E-state index in [1.54, 1.807) is 6.92 Å². The van der Waals surface area contributed by atoms with Gasteiger partial charge >= 0.3 is 5.97 Å². The summed E-state index contributed by atoms with van der Waals surface area (Å²) >= 11 is 6.19. The third-order valence-corrected chi connectivity index (χ3v) is 3.82. The van der Waals surface area contributed by atoms with Crippen molar-refractivity contribution in [2.24, 2.45) is 0 Å². The zero-order chi connectivity index (χ0) is 21.4. The molecule has 0 saturated carbocycles. The highest BCUT2D eigenvalue weighted by molar-refractivity contribution is 6.32. The van der Waals surface area contributed by atoms with Crippen LogP contribution in [-0.2, 0) is 9.53 Å². The first-order chi connectivity index (χ1) is 13.8. The molecule has 6 nitrogen and oxygen atoms in total. The van der Waals surface area contributed by atoms with E-state index in [2.05, 4.69) is 5.32 Å². The van der Waals surface area contributed by atoms with Crippen LogP contribution < -0.4 is 14.8 Å². The molecule has 0 aliphatic carbocycles. The van der Waals surface area contributed by atoms with Gasteiger partial charge in [0.2, 0.25) is 0 Å². The quantitative estimate of drug-likeness (QED) is 0.592. The molecule has 29 heavy (non-hydrogen) atoms. The van der Waals surface area contributed by atoms with E-state index in [4.69, 9.17) is 25.8 Å². The lowest BCUT2D eigenvalue weighted by Crippen LogP contribution is -2.21. The first-order valence-corrected chi connectivity index (χ1v) is 9.24. The van der Waals surface area contributed by atoms with Crippen molar-refractivity contribution in [3.63, 3.8) is 0 Å². The molecule has 0 aromatic heterocycles. The van der Waals surface area contributed by atoms with Crippen molar-refractivity contribution in [1.29, 1.82) is 0 Å². The van der Waals surface area contributed by atoms with Crippen LogP contribution in [0.4, 0.5) is 14.5 Å². The fourth-order valence-electron chi connectivity index (χ4n) is 2.28. The molecular weight excluding hydrogens is 408 g/mol. The van der Waals surface area contributed by atoms with Gasteiger partial charge in [-0.15, -0.1) is 0 Å². The number of ether oxygens (including phenoxy) is 3. The van der Waals surface area contributed by atoms with Crippen LogP contribution in [0.5, 0.6) is 11.5 Å². The van der Waals surface area contributed by atoms with Crippen LogP contribution >= 0.6 is 11.6 Å². The van der Waals surface area contributed by atoms with Crippen LogP contribution in [0.3, 0.4) is 0 Å². The molecule has 0 atom stereocenters. The third-order valence-electron chi connectivity index (χ3n) is 3.54. The summed E-state index contributed by atoms with van der Waals surface area (Å²) in [5.41, 5.74) is -0.172. The molecule has 1 N–H and O–H groups in total. The lowest BCUT2D eigenvalue weighted by Gasteiger charge is -2.14. The molecule has 1 amide bonds. The van der Waals surface area contributed by atoms with Gasteiger partial charge in [0.1, 0.15) is 11.6 Å². The molecule has 0 bridgehead atoms. The number of halogens is 3. The Morgan fingerprint density at radius 3 is 2.52 bits per heavy atom. The minimum absolute atomic E-state index is 0.0584. The summed E-state index contributed by atoms with van der Waals surface area (Å²) in [6.07, 6.45) is 0.759. The maximum atomic E-state index is 13.6. The Kier molecular flexibility index (Phi) is 8.21. The number of anilines is 1. The summed E-state index contributed by atoms with van der Waals surface area (Å²) in [5, 5.41) is 2.35. The number of esters is 1. The maximum Gasteiger partial charge on any atom is 0.338 e. The fraction of sp³-hybridized carbons (Fsp3) is 0.300. The Labute approximate surface area is 171 Å². The van der Waals surface area contributed by atoms with E-state index in [0.29, 0.717) is 25.0 Å². The fourth-order valence-corrected chi connectivity index (χ4v) is 2.55. The molecular formula is C20H20ClF2NO5. The van der Waals surface area contributed by atoms with Crippen molar-refractivity contribution >= 4 is 29.2 Å². The number of hydrogen-bond donors (Lipinski definition) is 1. The van der Waals surface area contributed by atoms with Gasteiger partial charge in [-0.3, -0.25) is 4.79 Å². The summed E-state index contributed by atoms with van der Waals surface area (Å²) in [7, 11) is 0. The van der Waals surface area contributed by atoms with Crippen LogP contribution in [0, 0.1) is 11.6 Å². The lowest BCUT2D eigenvalue weighted by atomic mass is 10.2. The van der Waals surface area contributed by atoms with Crippen LogP contribution in [0.2, 0.25) is 5.02 Å². The topological polar surface area (TPSA) is 73.9 Å². The van der Waals surface area contributed by atoms with Crippen molar-refractivity contribution in [3.8, 4) is 11.5 Å². The standard InChI is InChI=1S/C20H20ClF2NO5/c1-3-7-28-19-14(21)8-12(9-17(19)27-4-2)20(26)29-11-18(25)24-16-6-5-13(22)10-15(16)23/h5-6,8-10H,3-4,7,11H2,1-2H3,(H,24,25). The largest absolute Gasteiger partial charge is 0.490 e. The Balaban J connectivity index is 2.04. The number of carbonyl (C=O) groups excluding carboxylic acids is 2. The summed E-state index contributed by atoms with van der Waals surface area (Å²) in [6, 6.07) is 5.42. The van der Waals surface area contributed by atoms with Gasteiger partial charge in [-0.1, -0.05) is 18.5 Å². The molecule has 0 heterocycles. The van der Waals surface area contributed by atoms with E-state index in [1.807, 2.05) is 6.92 Å². The first kappa shape index (κ1) is 22.4. The first-order valence-electron chi connectivity index (χ1n) is 8.86. The number of carbonyl (C=O) groups is 2. The van der Waals surface area contributed by atoms with E-state index in [1.165, 1.54) is 12.1 Å². The predicted octanol–water partition coefficient (Wildman–Crippen LogP) is 4.60. The molecule has 0 spiro atoms. The Hall–Kier alpha value is -2.87. The summed E-state index contributed by atoms with van der Waals surface area (Å²) in [4.78, 5) is 24.1. The highest BCUT2D eigenvalue weighted by Gasteiger charge is 2.18. The van der Waals surface area contributed by atoms with E-state index < -0.39 is 30.1 Å². The second-order valence-corrected chi connectivity index (χ2v) is 6.22. The summed E-state index contributed by atoms with van der Waals surface area (Å²) in [6.45, 7) is 3.77. The second-order valence-electron chi connectivity index (χ2n) is 5.82. The number of nitrogens with one attached hydrogen (secondary N) is 1. The van der Waals surface area contributed by atoms with Crippen LogP contribution in [-0.4, -0.2) is 31.7 Å². The number of rotatable bonds is 9. The zero-order valence-electron chi connectivity index (χ0n) is 15.9. The SMILES string of the molecule is CCCOc1c(Cl)cc(C(=O)OCC(=O)Nc2ccc(F)cc2F)cc1OCC. The molecule has 0 aliphatic rings. The van der Waals surface area contributed by atoms with Gasteiger partial charge in [0.15, 0.2) is 18.1 Å². The van der Waals surface area contributed by atoms with Gasteiger partial charge in [0.05, 0.1) is 29.5 Å². The molecule has 0 radical (unpaired) electrons. The van der Waals surface area contributed by atoms with Crippen molar-refractivity contribution < 1.29 is 32.6 Å². The van der Waals surface area contributed by atoms with E-state index in [9.17, 15) is 18.4 Å². The van der Waals surface area contributed by atoms with Crippen molar-refractivity contribution in [2.75, 3.05) is 25.1 Å². The molecule has 156 valence electrons. The Morgan fingerprint density at radius 2 is 1.86 bits per heavy atom. The molecule has 2 aromatic carbocycles. The van der Waals surface area contributed by atoms with Gasteiger partial charge in [0, 0.05) is 6.07 Å². The molecule has 9 heteroatoms. The van der Waals surface area contributed by atoms with Gasteiger partial charge in [-0.2, -0.15) is 0 Å². The number of benzene rings is 2. The Morgan fingerprint density at radius 1 is 1.10 bits per heavy atom. The normalized spacial score (nSPS) is 10.4. The second kappa shape index (κ2) is 10.6. The minimum Gasteiger partial charge on any atom is -0.490 e. The lowest BCUT2D eigenvalue weighted by molar-refractivity contribution is -0.119. The summed E-state index contributed by atoms with van der Waals surface area (Å²) in [5.74, 6) is -2.75. The number of hydrogen-bond acceptors (Lipinski definition) is 5. The highest BCUT2D eigenvalue weighted by Crippen LogP contribution is 2.37. The van der Waals surface area contributed by atoms with E-state index in [-0.39, 0.29) is 22.0 Å². The van der Waals surface area contributed by atoms with Crippen LogP contribution in [0.25, 0.3) is 0 Å². The third kappa shape index (κ3) is 6.32.